The Bertz CT molecular complexity index is 655. The minimum atomic E-state index is -0.459. The van der Waals surface area contributed by atoms with Gasteiger partial charge in [-0.15, -0.1) is 0 Å². The van der Waals surface area contributed by atoms with Crippen molar-refractivity contribution >= 4 is 15.9 Å². The molecule has 0 saturated heterocycles. The maximum atomic E-state index is 14.3. The average molecular weight is 354 g/mol. The molecule has 2 rings (SSSR count). The quantitative estimate of drug-likeness (QED) is 0.759. The van der Waals surface area contributed by atoms with E-state index in [1.165, 1.54) is 12.1 Å². The van der Waals surface area contributed by atoms with Gasteiger partial charge in [0.1, 0.15) is 11.6 Å². The van der Waals surface area contributed by atoms with Crippen LogP contribution in [0, 0.1) is 25.5 Å². The van der Waals surface area contributed by atoms with E-state index in [-0.39, 0.29) is 10.5 Å². The van der Waals surface area contributed by atoms with Crippen LogP contribution in [0.25, 0.3) is 0 Å². The second kappa shape index (κ2) is 6.67. The smallest absolute Gasteiger partial charge is 0.137 e. The molecule has 0 heterocycles. The van der Waals surface area contributed by atoms with Gasteiger partial charge in [-0.25, -0.2) is 8.78 Å². The molecular formula is C17H18BrF2N. The standard InChI is InChI=1S/C17H18BrF2N/c1-4-21-17(12-7-10(2)5-6-11(12)3)13-8-16(20)14(18)9-15(13)19/h5-9,17,21H,4H2,1-3H3. The zero-order valence-corrected chi connectivity index (χ0v) is 13.9. The molecule has 21 heavy (non-hydrogen) atoms. The minimum Gasteiger partial charge on any atom is -0.306 e. The number of benzene rings is 2. The summed E-state index contributed by atoms with van der Waals surface area (Å²) >= 11 is 3.02. The summed E-state index contributed by atoms with van der Waals surface area (Å²) in [4.78, 5) is 0. The van der Waals surface area contributed by atoms with Crippen LogP contribution in [0.15, 0.2) is 34.8 Å². The lowest BCUT2D eigenvalue weighted by Crippen LogP contribution is -2.24. The Morgan fingerprint density at radius 2 is 1.76 bits per heavy atom. The molecule has 0 saturated carbocycles. The van der Waals surface area contributed by atoms with Crippen LogP contribution >= 0.6 is 15.9 Å². The van der Waals surface area contributed by atoms with Gasteiger partial charge in [0.2, 0.25) is 0 Å². The topological polar surface area (TPSA) is 12.0 Å². The first-order chi connectivity index (χ1) is 9.93. The Morgan fingerprint density at radius 3 is 2.43 bits per heavy atom. The Balaban J connectivity index is 2.58. The van der Waals surface area contributed by atoms with E-state index in [1.807, 2.05) is 39.0 Å². The third-order valence-corrected chi connectivity index (χ3v) is 4.11. The van der Waals surface area contributed by atoms with E-state index in [0.717, 1.165) is 16.7 Å². The molecule has 2 aromatic carbocycles. The van der Waals surface area contributed by atoms with Gasteiger partial charge >= 0.3 is 0 Å². The van der Waals surface area contributed by atoms with Gasteiger partial charge in [-0.05, 0) is 59.6 Å². The maximum Gasteiger partial charge on any atom is 0.137 e. The Morgan fingerprint density at radius 1 is 1.05 bits per heavy atom. The number of hydrogen-bond donors (Lipinski definition) is 1. The van der Waals surface area contributed by atoms with Crippen LogP contribution in [0.2, 0.25) is 0 Å². The van der Waals surface area contributed by atoms with E-state index < -0.39 is 11.6 Å². The normalized spacial score (nSPS) is 12.5. The van der Waals surface area contributed by atoms with Gasteiger partial charge in [-0.3, -0.25) is 0 Å². The lowest BCUT2D eigenvalue weighted by atomic mass is 9.93. The van der Waals surface area contributed by atoms with Crippen molar-refractivity contribution < 1.29 is 8.78 Å². The van der Waals surface area contributed by atoms with Crippen molar-refractivity contribution in [3.05, 3.63) is 68.7 Å². The van der Waals surface area contributed by atoms with Crippen molar-refractivity contribution in [1.29, 1.82) is 0 Å². The lowest BCUT2D eigenvalue weighted by molar-refractivity contribution is 0.541. The van der Waals surface area contributed by atoms with E-state index in [4.69, 9.17) is 0 Å². The van der Waals surface area contributed by atoms with E-state index in [0.29, 0.717) is 12.1 Å². The first-order valence-corrected chi connectivity index (χ1v) is 7.68. The molecule has 2 aromatic rings. The third kappa shape index (κ3) is 3.50. The fraction of sp³-hybridized carbons (Fsp3) is 0.294. The van der Waals surface area contributed by atoms with Crippen molar-refractivity contribution in [2.75, 3.05) is 6.54 Å². The Labute approximate surface area is 132 Å². The number of hydrogen-bond acceptors (Lipinski definition) is 1. The highest BCUT2D eigenvalue weighted by Gasteiger charge is 2.20. The fourth-order valence-electron chi connectivity index (χ4n) is 2.42. The molecule has 0 aromatic heterocycles. The summed E-state index contributed by atoms with van der Waals surface area (Å²) < 4.78 is 28.2. The zero-order valence-electron chi connectivity index (χ0n) is 12.3. The molecule has 0 amide bonds. The van der Waals surface area contributed by atoms with Crippen LogP contribution in [0.5, 0.6) is 0 Å². The second-order valence-corrected chi connectivity index (χ2v) is 5.99. The first-order valence-electron chi connectivity index (χ1n) is 6.89. The summed E-state index contributed by atoms with van der Waals surface area (Å²) in [6, 6.07) is 8.11. The lowest BCUT2D eigenvalue weighted by Gasteiger charge is -2.22. The summed E-state index contributed by atoms with van der Waals surface area (Å²) in [7, 11) is 0. The molecule has 1 nitrogen and oxygen atoms in total. The summed E-state index contributed by atoms with van der Waals surface area (Å²) in [6.45, 7) is 6.58. The van der Waals surface area contributed by atoms with Crippen molar-refractivity contribution in [1.82, 2.24) is 5.32 Å². The zero-order chi connectivity index (χ0) is 15.6. The SMILES string of the molecule is CCNC(c1cc(C)ccc1C)c1cc(F)c(Br)cc1F. The van der Waals surface area contributed by atoms with Gasteiger partial charge in [0.25, 0.3) is 0 Å². The Kier molecular flexibility index (Phi) is 5.12. The molecule has 4 heteroatoms. The molecule has 0 aliphatic carbocycles. The van der Waals surface area contributed by atoms with Crippen LogP contribution in [-0.2, 0) is 0 Å². The molecule has 0 aliphatic rings. The molecule has 0 spiro atoms. The summed E-state index contributed by atoms with van der Waals surface area (Å²) in [5.74, 6) is -0.880. The molecular weight excluding hydrogens is 336 g/mol. The summed E-state index contributed by atoms with van der Waals surface area (Å²) in [5, 5.41) is 3.25. The minimum absolute atomic E-state index is 0.139. The second-order valence-electron chi connectivity index (χ2n) is 5.14. The predicted octanol–water partition coefficient (Wildman–Crippen LogP) is 5.04. The summed E-state index contributed by atoms with van der Waals surface area (Å²) in [6.07, 6.45) is 0. The highest BCUT2D eigenvalue weighted by atomic mass is 79.9. The molecule has 1 unspecified atom stereocenters. The summed E-state index contributed by atoms with van der Waals surface area (Å²) in [5.41, 5.74) is 3.44. The van der Waals surface area contributed by atoms with E-state index >= 15 is 0 Å². The molecule has 0 aliphatic heterocycles. The van der Waals surface area contributed by atoms with Crippen LogP contribution in [0.1, 0.15) is 35.2 Å². The van der Waals surface area contributed by atoms with Crippen LogP contribution in [0.4, 0.5) is 8.78 Å². The number of rotatable bonds is 4. The van der Waals surface area contributed by atoms with E-state index in [1.54, 1.807) is 0 Å². The largest absolute Gasteiger partial charge is 0.306 e. The van der Waals surface area contributed by atoms with Gasteiger partial charge in [0.15, 0.2) is 0 Å². The van der Waals surface area contributed by atoms with Crippen molar-refractivity contribution in [3.8, 4) is 0 Å². The number of nitrogens with one attached hydrogen (secondary N) is 1. The molecule has 1 N–H and O–H groups in total. The van der Waals surface area contributed by atoms with Gasteiger partial charge in [-0.1, -0.05) is 30.7 Å². The van der Waals surface area contributed by atoms with Crippen molar-refractivity contribution in [3.63, 3.8) is 0 Å². The third-order valence-electron chi connectivity index (χ3n) is 3.50. The van der Waals surface area contributed by atoms with Gasteiger partial charge in [0.05, 0.1) is 10.5 Å². The molecule has 112 valence electrons. The first kappa shape index (κ1) is 16.1. The van der Waals surface area contributed by atoms with E-state index in [2.05, 4.69) is 21.2 Å². The van der Waals surface area contributed by atoms with Gasteiger partial charge in [0, 0.05) is 5.56 Å². The van der Waals surface area contributed by atoms with Gasteiger partial charge < -0.3 is 5.32 Å². The highest BCUT2D eigenvalue weighted by Crippen LogP contribution is 2.30. The number of halogens is 3. The molecule has 0 fully saturated rings. The average Bonchev–Trinajstić information content (AvgIpc) is 2.43. The van der Waals surface area contributed by atoms with Crippen LogP contribution < -0.4 is 5.32 Å². The monoisotopic (exact) mass is 353 g/mol. The fourth-order valence-corrected chi connectivity index (χ4v) is 2.74. The van der Waals surface area contributed by atoms with E-state index in [9.17, 15) is 8.78 Å². The van der Waals surface area contributed by atoms with Crippen LogP contribution in [-0.4, -0.2) is 6.54 Å². The Hall–Kier alpha value is -1.26. The predicted molar refractivity (Wildman–Crippen MR) is 85.5 cm³/mol. The molecule has 0 radical (unpaired) electrons. The highest BCUT2D eigenvalue weighted by molar-refractivity contribution is 9.10. The van der Waals surface area contributed by atoms with Gasteiger partial charge in [-0.2, -0.15) is 0 Å². The van der Waals surface area contributed by atoms with Crippen LogP contribution in [0.3, 0.4) is 0 Å². The maximum absolute atomic E-state index is 14.3. The van der Waals surface area contributed by atoms with Crippen molar-refractivity contribution in [2.45, 2.75) is 26.8 Å². The molecule has 0 bridgehead atoms. The number of aryl methyl sites for hydroxylation is 2. The molecule has 1 atom stereocenters. The van der Waals surface area contributed by atoms with Crippen molar-refractivity contribution in [2.24, 2.45) is 0 Å².